The van der Waals surface area contributed by atoms with E-state index in [9.17, 15) is 18.0 Å². The van der Waals surface area contributed by atoms with Crippen LogP contribution in [0.25, 0.3) is 0 Å². The Labute approximate surface area is 192 Å². The first-order valence-electron chi connectivity index (χ1n) is 10.9. The van der Waals surface area contributed by atoms with Gasteiger partial charge in [-0.3, -0.25) is 9.48 Å². The molecule has 10 nitrogen and oxygen atoms in total. The molecule has 0 radical (unpaired) electrons. The Bertz CT molecular complexity index is 1240. The number of aromatic nitrogens is 2. The van der Waals surface area contributed by atoms with Gasteiger partial charge in [0, 0.05) is 32.4 Å². The fourth-order valence-corrected chi connectivity index (χ4v) is 5.46. The first-order valence-corrected chi connectivity index (χ1v) is 12.4. The second-order valence-electron chi connectivity index (χ2n) is 8.42. The number of nitriles is 1. The molecule has 2 aromatic rings. The van der Waals surface area contributed by atoms with E-state index in [1.807, 2.05) is 10.8 Å². The van der Waals surface area contributed by atoms with Crippen LogP contribution in [0.4, 0.5) is 10.5 Å². The summed E-state index contributed by atoms with van der Waals surface area (Å²) in [7, 11) is -1.34. The third-order valence-corrected chi connectivity index (χ3v) is 7.40. The number of benzene rings is 1. The Morgan fingerprint density at radius 3 is 2.39 bits per heavy atom. The Morgan fingerprint density at radius 2 is 1.79 bits per heavy atom. The summed E-state index contributed by atoms with van der Waals surface area (Å²) in [5.74, 6) is -0.471. The van der Waals surface area contributed by atoms with Crippen LogP contribution in [-0.2, 0) is 42.8 Å². The van der Waals surface area contributed by atoms with Crippen molar-refractivity contribution in [3.63, 3.8) is 0 Å². The molecule has 1 aromatic heterocycles. The van der Waals surface area contributed by atoms with E-state index in [0.717, 1.165) is 66.1 Å². The van der Waals surface area contributed by atoms with Crippen LogP contribution >= 0.6 is 0 Å². The maximum absolute atomic E-state index is 12.8. The Hall–Kier alpha value is -3.39. The predicted octanol–water partition coefficient (Wildman–Crippen LogP) is 1.89. The summed E-state index contributed by atoms with van der Waals surface area (Å²) in [6, 6.07) is 4.45. The molecular weight excluding hydrogens is 444 g/mol. The number of aryl methyl sites for hydroxylation is 3. The molecule has 0 atom stereocenters. The van der Waals surface area contributed by atoms with Crippen molar-refractivity contribution in [2.75, 3.05) is 18.9 Å². The first-order chi connectivity index (χ1) is 15.7. The van der Waals surface area contributed by atoms with Crippen LogP contribution in [0.2, 0.25) is 0 Å². The molecule has 3 amide bonds. The van der Waals surface area contributed by atoms with E-state index in [-0.39, 0.29) is 18.7 Å². The molecule has 33 heavy (non-hydrogen) atoms. The topological polar surface area (TPSA) is 137 Å². The molecule has 0 spiro atoms. The third-order valence-electron chi connectivity index (χ3n) is 6.20. The number of anilines is 1. The number of amides is 3. The van der Waals surface area contributed by atoms with Crippen LogP contribution < -0.4 is 10.0 Å². The Kier molecular flexibility index (Phi) is 6.12. The maximum atomic E-state index is 12.8. The number of carbonyl (C=O) groups is 2. The zero-order chi connectivity index (χ0) is 23.8. The largest absolute Gasteiger partial charge is 0.339 e. The van der Waals surface area contributed by atoms with Crippen LogP contribution in [0, 0.1) is 11.3 Å². The molecule has 11 heteroatoms. The van der Waals surface area contributed by atoms with Crippen molar-refractivity contribution in [1.82, 2.24) is 19.4 Å². The summed E-state index contributed by atoms with van der Waals surface area (Å²) < 4.78 is 28.8. The van der Waals surface area contributed by atoms with Crippen molar-refractivity contribution in [2.45, 2.75) is 50.0 Å². The minimum Gasteiger partial charge on any atom is -0.339 e. The number of hydrogen-bond donors (Lipinski definition) is 2. The van der Waals surface area contributed by atoms with Gasteiger partial charge < -0.3 is 10.2 Å². The molecule has 0 bridgehead atoms. The van der Waals surface area contributed by atoms with E-state index in [2.05, 4.69) is 16.5 Å². The van der Waals surface area contributed by atoms with Gasteiger partial charge in [-0.05, 0) is 60.8 Å². The summed E-state index contributed by atoms with van der Waals surface area (Å²) in [6.07, 6.45) is 5.82. The third kappa shape index (κ3) is 4.43. The van der Waals surface area contributed by atoms with Crippen LogP contribution in [0.15, 0.2) is 17.2 Å². The van der Waals surface area contributed by atoms with Crippen molar-refractivity contribution >= 4 is 27.6 Å². The van der Waals surface area contributed by atoms with E-state index < -0.39 is 27.0 Å². The number of nitrogens with one attached hydrogen (secondary N) is 2. The van der Waals surface area contributed by atoms with Crippen LogP contribution in [0.5, 0.6) is 0 Å². The Morgan fingerprint density at radius 1 is 1.15 bits per heavy atom. The second kappa shape index (κ2) is 8.86. The number of sulfonamides is 1. The number of rotatable bonds is 6. The zero-order valence-electron chi connectivity index (χ0n) is 18.6. The van der Waals surface area contributed by atoms with Crippen molar-refractivity contribution in [1.29, 1.82) is 5.26 Å². The highest BCUT2D eigenvalue weighted by molar-refractivity contribution is 7.90. The van der Waals surface area contributed by atoms with Gasteiger partial charge in [-0.2, -0.15) is 18.8 Å². The molecule has 0 saturated carbocycles. The molecule has 2 aliphatic carbocycles. The molecule has 2 N–H and O–H groups in total. The van der Waals surface area contributed by atoms with E-state index in [1.165, 1.54) is 30.1 Å². The maximum Gasteiger partial charge on any atom is 0.333 e. The number of urea groups is 1. The lowest BCUT2D eigenvalue weighted by molar-refractivity contribution is 0.0787. The lowest BCUT2D eigenvalue weighted by Gasteiger charge is -2.16. The second-order valence-corrected chi connectivity index (χ2v) is 10.0. The summed E-state index contributed by atoms with van der Waals surface area (Å²) in [4.78, 5) is 26.6. The summed E-state index contributed by atoms with van der Waals surface area (Å²) >= 11 is 0. The quantitative estimate of drug-likeness (QED) is 0.661. The SMILES string of the molecule is CN(CCC#N)C(=O)c1cc(S(=O)(=O)NC(=O)Nc2c3c(cc4c2CCC4)CCC3)nn1C. The molecule has 1 aromatic carbocycles. The predicted molar refractivity (Wildman–Crippen MR) is 120 cm³/mol. The van der Waals surface area contributed by atoms with Crippen LogP contribution in [0.1, 0.15) is 52.0 Å². The van der Waals surface area contributed by atoms with Crippen LogP contribution in [-0.4, -0.2) is 48.6 Å². The number of fused-ring (bicyclic) bond motifs is 2. The summed E-state index contributed by atoms with van der Waals surface area (Å²) in [5.41, 5.74) is 5.41. The minimum atomic E-state index is -4.30. The van der Waals surface area contributed by atoms with Gasteiger partial charge >= 0.3 is 6.03 Å². The van der Waals surface area contributed by atoms with E-state index >= 15 is 0 Å². The molecule has 0 saturated heterocycles. The molecular formula is C22H26N6O4S. The normalized spacial score (nSPS) is 14.3. The summed E-state index contributed by atoms with van der Waals surface area (Å²) in [6.45, 7) is 0.203. The van der Waals surface area contributed by atoms with Gasteiger partial charge in [-0.25, -0.2) is 9.52 Å². The number of nitrogens with zero attached hydrogens (tertiary/aromatic N) is 4. The van der Waals surface area contributed by atoms with E-state index in [0.29, 0.717) is 0 Å². The average Bonchev–Trinajstić information content (AvgIpc) is 3.50. The van der Waals surface area contributed by atoms with E-state index in [1.54, 1.807) is 0 Å². The average molecular weight is 471 g/mol. The van der Waals surface area contributed by atoms with Gasteiger partial charge in [0.15, 0.2) is 5.03 Å². The highest BCUT2D eigenvalue weighted by Gasteiger charge is 2.28. The van der Waals surface area contributed by atoms with Gasteiger partial charge in [-0.1, -0.05) is 6.07 Å². The summed E-state index contributed by atoms with van der Waals surface area (Å²) in [5, 5.41) is 15.0. The van der Waals surface area contributed by atoms with Gasteiger partial charge in [0.25, 0.3) is 15.9 Å². The van der Waals surface area contributed by atoms with Crippen molar-refractivity contribution in [3.8, 4) is 6.07 Å². The molecule has 0 fully saturated rings. The molecule has 174 valence electrons. The van der Waals surface area contributed by atoms with Gasteiger partial charge in [0.1, 0.15) is 5.69 Å². The molecule has 4 rings (SSSR count). The smallest absolute Gasteiger partial charge is 0.333 e. The molecule has 0 aliphatic heterocycles. The van der Waals surface area contributed by atoms with Gasteiger partial charge in [0.2, 0.25) is 0 Å². The zero-order valence-corrected chi connectivity index (χ0v) is 19.5. The molecule has 1 heterocycles. The monoisotopic (exact) mass is 470 g/mol. The standard InChI is InChI=1S/C22H26N6O4S/c1-27(11-5-10-23)21(29)18-13-19(25-28(18)2)33(31,32)26-22(30)24-20-16-8-3-6-14(16)12-15-7-4-9-17(15)20/h12-13H,3-9,11H2,1-2H3,(H2,24,26,30). The van der Waals surface area contributed by atoms with Crippen molar-refractivity contribution < 1.29 is 18.0 Å². The molecule has 0 unspecified atom stereocenters. The first kappa shape index (κ1) is 22.8. The Balaban J connectivity index is 1.52. The minimum absolute atomic E-state index is 0.0370. The molecule has 2 aliphatic rings. The van der Waals surface area contributed by atoms with E-state index in [4.69, 9.17) is 5.26 Å². The number of carbonyl (C=O) groups excluding carboxylic acids is 2. The lowest BCUT2D eigenvalue weighted by Crippen LogP contribution is -2.35. The lowest BCUT2D eigenvalue weighted by atomic mass is 9.99. The fourth-order valence-electron chi connectivity index (χ4n) is 4.57. The van der Waals surface area contributed by atoms with Crippen LogP contribution in [0.3, 0.4) is 0 Å². The van der Waals surface area contributed by atoms with Gasteiger partial charge in [-0.15, -0.1) is 0 Å². The highest BCUT2D eigenvalue weighted by Crippen LogP contribution is 2.38. The fraction of sp³-hybridized carbons (Fsp3) is 0.455. The number of hydrogen-bond acceptors (Lipinski definition) is 6. The highest BCUT2D eigenvalue weighted by atomic mass is 32.2. The van der Waals surface area contributed by atoms with Crippen molar-refractivity contribution in [2.24, 2.45) is 7.05 Å². The van der Waals surface area contributed by atoms with Crippen molar-refractivity contribution in [3.05, 3.63) is 40.1 Å². The van der Waals surface area contributed by atoms with Gasteiger partial charge in [0.05, 0.1) is 12.5 Å².